The van der Waals surface area contributed by atoms with Crippen LogP contribution in [0.3, 0.4) is 0 Å². The highest BCUT2D eigenvalue weighted by molar-refractivity contribution is 6.01. The van der Waals surface area contributed by atoms with E-state index in [9.17, 15) is 19.2 Å². The van der Waals surface area contributed by atoms with Crippen LogP contribution in [0.2, 0.25) is 0 Å². The lowest BCUT2D eigenvalue weighted by Crippen LogP contribution is -2.37. The molecule has 0 bridgehead atoms. The molecule has 2 aromatic heterocycles. The average molecular weight is 705 g/mol. The zero-order valence-electron chi connectivity index (χ0n) is 30.4. The summed E-state index contributed by atoms with van der Waals surface area (Å²) in [6.45, 7) is 8.02. The van der Waals surface area contributed by atoms with Gasteiger partial charge in [0.25, 0.3) is 0 Å². The van der Waals surface area contributed by atoms with Crippen molar-refractivity contribution in [3.63, 3.8) is 0 Å². The third kappa shape index (κ3) is 8.52. The number of fused-ring (bicyclic) bond motifs is 2. The summed E-state index contributed by atoms with van der Waals surface area (Å²) in [5.41, 5.74) is 7.20. The lowest BCUT2D eigenvalue weighted by molar-refractivity contribution is -0.129. The molecule has 2 aromatic carbocycles. The maximum atomic E-state index is 13.9. The van der Waals surface area contributed by atoms with Gasteiger partial charge in [-0.15, -0.1) is 0 Å². The third-order valence-electron chi connectivity index (χ3n) is 10.5. The molecular weight excluding hydrogens is 656 g/mol. The van der Waals surface area contributed by atoms with E-state index >= 15 is 0 Å². The Morgan fingerprint density at radius 3 is 2.42 bits per heavy atom. The number of rotatable bonds is 11. The van der Waals surface area contributed by atoms with Crippen molar-refractivity contribution in [1.29, 1.82) is 0 Å². The number of ether oxygens (including phenoxy) is 1. The van der Waals surface area contributed by atoms with E-state index in [1.165, 1.54) is 12.8 Å². The Bertz CT molecular complexity index is 2000. The first-order valence-corrected chi connectivity index (χ1v) is 18.6. The van der Waals surface area contributed by atoms with Crippen molar-refractivity contribution in [2.45, 2.75) is 97.0 Å². The zero-order valence-corrected chi connectivity index (χ0v) is 30.4. The molecule has 3 aliphatic rings. The van der Waals surface area contributed by atoms with E-state index in [-0.39, 0.29) is 35.9 Å². The van der Waals surface area contributed by atoms with Crippen molar-refractivity contribution in [1.82, 2.24) is 20.3 Å². The number of carbonyl (C=O) groups is 4. The summed E-state index contributed by atoms with van der Waals surface area (Å²) in [6, 6.07) is 15.7. The van der Waals surface area contributed by atoms with Gasteiger partial charge in [0.2, 0.25) is 11.8 Å². The molecule has 0 saturated heterocycles. The predicted octanol–water partition coefficient (Wildman–Crippen LogP) is 7.39. The van der Waals surface area contributed by atoms with Gasteiger partial charge in [0.05, 0.1) is 11.9 Å². The second kappa shape index (κ2) is 14.5. The van der Waals surface area contributed by atoms with Gasteiger partial charge in [-0.25, -0.2) is 14.8 Å². The Hall–Kier alpha value is -5.06. The van der Waals surface area contributed by atoms with Crippen LogP contribution < -0.4 is 16.0 Å². The molecule has 3 amide bonds. The van der Waals surface area contributed by atoms with Gasteiger partial charge >= 0.3 is 6.09 Å². The quantitative estimate of drug-likeness (QED) is 0.127. The Labute approximate surface area is 304 Å². The van der Waals surface area contributed by atoms with Crippen molar-refractivity contribution >= 4 is 46.2 Å². The highest BCUT2D eigenvalue weighted by atomic mass is 16.6. The van der Waals surface area contributed by atoms with Crippen molar-refractivity contribution in [2.75, 3.05) is 17.2 Å². The van der Waals surface area contributed by atoms with Gasteiger partial charge in [-0.1, -0.05) is 30.3 Å². The molecular formula is C41H48N6O5. The van der Waals surface area contributed by atoms with E-state index in [0.29, 0.717) is 36.7 Å². The van der Waals surface area contributed by atoms with Crippen molar-refractivity contribution < 1.29 is 23.9 Å². The number of imidazole rings is 1. The number of pyridine rings is 1. The largest absolute Gasteiger partial charge is 0.444 e. The number of anilines is 2. The van der Waals surface area contributed by atoms with Crippen LogP contribution in [-0.4, -0.2) is 50.8 Å². The number of hydrogen-bond acceptors (Lipinski definition) is 7. The standard InChI is InChI=1S/C41H48N6O5/c1-23-32(21-34-38(43-23)47-37(46-34)28-13-14-28)26-9-5-24(6-10-26)17-30(39(50)44-31-16-15-29-19-36(49)45-33(29)20-31)18-35(48)27-11-7-25(8-12-27)22-42-40(51)52-41(2,3)4/h5-6,9-10,15-16,20-21,25,27-28,30H,7-8,11-14,17-19,22H2,1-4H3,(H,42,51)(H,44,50)(H,45,49)(H,43,46,47)/t25?,27?,30-/m1/s1. The maximum absolute atomic E-state index is 13.9. The minimum absolute atomic E-state index is 0.0702. The first kappa shape index (κ1) is 35.3. The fourth-order valence-electron chi connectivity index (χ4n) is 7.43. The van der Waals surface area contributed by atoms with Crippen molar-refractivity contribution in [3.8, 4) is 11.1 Å². The molecule has 2 saturated carbocycles. The third-order valence-corrected chi connectivity index (χ3v) is 10.5. The van der Waals surface area contributed by atoms with E-state index < -0.39 is 17.6 Å². The number of aromatic nitrogens is 3. The van der Waals surface area contributed by atoms with Gasteiger partial charge in [0.15, 0.2) is 5.65 Å². The summed E-state index contributed by atoms with van der Waals surface area (Å²) in [6.07, 6.45) is 5.86. The highest BCUT2D eigenvalue weighted by Crippen LogP contribution is 2.39. The Balaban J connectivity index is 1.03. The molecule has 0 radical (unpaired) electrons. The molecule has 52 heavy (non-hydrogen) atoms. The van der Waals surface area contributed by atoms with Gasteiger partial charge < -0.3 is 25.7 Å². The van der Waals surface area contributed by atoms with Crippen LogP contribution >= 0.6 is 0 Å². The monoisotopic (exact) mass is 704 g/mol. The minimum Gasteiger partial charge on any atom is -0.444 e. The Morgan fingerprint density at radius 2 is 1.71 bits per heavy atom. The molecule has 1 atom stereocenters. The molecule has 272 valence electrons. The summed E-state index contributed by atoms with van der Waals surface area (Å²) < 4.78 is 5.36. The van der Waals surface area contributed by atoms with Gasteiger partial charge in [-0.05, 0) is 113 Å². The summed E-state index contributed by atoms with van der Waals surface area (Å²) in [4.78, 5) is 64.6. The molecule has 7 rings (SSSR count). The van der Waals surface area contributed by atoms with Crippen LogP contribution in [0.25, 0.3) is 22.3 Å². The van der Waals surface area contributed by atoms with Crippen LogP contribution in [0.4, 0.5) is 16.2 Å². The second-order valence-electron chi connectivity index (χ2n) is 15.8. The van der Waals surface area contributed by atoms with Gasteiger partial charge in [-0.2, -0.15) is 0 Å². The molecule has 2 aliphatic carbocycles. The molecule has 2 fully saturated rings. The number of carbonyl (C=O) groups excluding carboxylic acids is 4. The van der Waals surface area contributed by atoms with Crippen LogP contribution in [-0.2, 0) is 32.0 Å². The van der Waals surface area contributed by atoms with E-state index in [1.807, 2.05) is 45.9 Å². The first-order chi connectivity index (χ1) is 24.9. The van der Waals surface area contributed by atoms with Gasteiger partial charge in [-0.3, -0.25) is 14.4 Å². The number of benzene rings is 2. The maximum Gasteiger partial charge on any atom is 0.407 e. The van der Waals surface area contributed by atoms with E-state index in [1.54, 1.807) is 12.1 Å². The number of Topliss-reactive ketones (excluding diaryl/α,β-unsaturated/α-hetero) is 1. The number of nitrogens with zero attached hydrogens (tertiary/aromatic N) is 2. The fourth-order valence-corrected chi connectivity index (χ4v) is 7.43. The Kier molecular flexibility index (Phi) is 9.87. The van der Waals surface area contributed by atoms with Crippen molar-refractivity contribution in [3.05, 3.63) is 71.2 Å². The number of amides is 3. The van der Waals surface area contributed by atoms with Crippen LogP contribution in [0.15, 0.2) is 48.5 Å². The zero-order chi connectivity index (χ0) is 36.6. The number of aryl methyl sites for hydroxylation is 1. The normalized spacial score (nSPS) is 19.1. The van der Waals surface area contributed by atoms with E-state index in [0.717, 1.165) is 70.6 Å². The van der Waals surface area contributed by atoms with Crippen molar-refractivity contribution in [2.24, 2.45) is 17.8 Å². The molecule has 0 spiro atoms. The molecule has 11 heteroatoms. The lowest BCUT2D eigenvalue weighted by Gasteiger charge is -2.29. The summed E-state index contributed by atoms with van der Waals surface area (Å²) in [5, 5.41) is 8.74. The average Bonchev–Trinajstić information content (AvgIpc) is 3.76. The summed E-state index contributed by atoms with van der Waals surface area (Å²) in [7, 11) is 0. The van der Waals surface area contributed by atoms with E-state index in [4.69, 9.17) is 14.7 Å². The summed E-state index contributed by atoms with van der Waals surface area (Å²) >= 11 is 0. The molecule has 0 unspecified atom stereocenters. The van der Waals surface area contributed by atoms with Gasteiger partial charge in [0, 0.05) is 53.4 Å². The second-order valence-corrected chi connectivity index (χ2v) is 15.8. The molecule has 4 aromatic rings. The Morgan fingerprint density at radius 1 is 0.962 bits per heavy atom. The van der Waals surface area contributed by atoms with Crippen LogP contribution in [0.5, 0.6) is 0 Å². The SMILES string of the molecule is Cc1nc2nc(C3CC3)[nH]c2cc1-c1ccc(C[C@H](CC(=O)C2CCC(CNC(=O)OC(C)(C)C)CC2)C(=O)Nc2ccc3c(c2)NC(=O)C3)cc1. The predicted molar refractivity (Wildman–Crippen MR) is 200 cm³/mol. The van der Waals surface area contributed by atoms with Crippen LogP contribution in [0.1, 0.15) is 94.3 Å². The number of alkyl carbamates (subject to hydrolysis) is 1. The molecule has 1 aliphatic heterocycles. The fraction of sp³-hybridized carbons (Fsp3) is 0.463. The number of nitrogens with one attached hydrogen (secondary N) is 4. The van der Waals surface area contributed by atoms with E-state index in [2.05, 4.69) is 39.1 Å². The minimum atomic E-state index is -0.585. The van der Waals surface area contributed by atoms with Crippen LogP contribution in [0, 0.1) is 24.7 Å². The summed E-state index contributed by atoms with van der Waals surface area (Å²) in [5.74, 6) is 0.894. The first-order valence-electron chi connectivity index (χ1n) is 18.6. The highest BCUT2D eigenvalue weighted by Gasteiger charge is 2.31. The molecule has 3 heterocycles. The van der Waals surface area contributed by atoms with Gasteiger partial charge in [0.1, 0.15) is 17.2 Å². The molecule has 11 nitrogen and oxygen atoms in total. The topological polar surface area (TPSA) is 155 Å². The smallest absolute Gasteiger partial charge is 0.407 e. The lowest BCUT2D eigenvalue weighted by atomic mass is 9.77. The number of H-pyrrole nitrogens is 1. The number of hydrogen-bond donors (Lipinski definition) is 4. The number of ketones is 1. The number of aromatic amines is 1. The molecule has 4 N–H and O–H groups in total.